The van der Waals surface area contributed by atoms with E-state index in [0.717, 1.165) is 16.7 Å². The number of rotatable bonds is 2. The highest BCUT2D eigenvalue weighted by Gasteiger charge is 2.05. The van der Waals surface area contributed by atoms with Crippen LogP contribution in [0.5, 0.6) is 5.75 Å². The van der Waals surface area contributed by atoms with Crippen molar-refractivity contribution in [2.75, 3.05) is 7.11 Å². The van der Waals surface area contributed by atoms with Crippen LogP contribution in [-0.2, 0) is 6.54 Å². The van der Waals surface area contributed by atoms with Gasteiger partial charge in [0.1, 0.15) is 5.75 Å². The van der Waals surface area contributed by atoms with E-state index in [4.69, 9.17) is 10.5 Å². The summed E-state index contributed by atoms with van der Waals surface area (Å²) in [6.45, 7) is 2.64. The van der Waals surface area contributed by atoms with Gasteiger partial charge in [-0.25, -0.2) is 0 Å². The average molecular weight is 201 g/mol. The number of methoxy groups -OCH3 is 1. The Kier molecular flexibility index (Phi) is 2.60. The van der Waals surface area contributed by atoms with Crippen LogP contribution in [0.15, 0.2) is 30.3 Å². The van der Waals surface area contributed by atoms with Crippen LogP contribution >= 0.6 is 0 Å². The van der Waals surface area contributed by atoms with Gasteiger partial charge in [-0.2, -0.15) is 0 Å². The number of hydrogen-bond acceptors (Lipinski definition) is 2. The summed E-state index contributed by atoms with van der Waals surface area (Å²) < 4.78 is 5.37. The summed E-state index contributed by atoms with van der Waals surface area (Å²) in [5.41, 5.74) is 8.02. The predicted molar refractivity (Wildman–Crippen MR) is 63.1 cm³/mol. The van der Waals surface area contributed by atoms with Gasteiger partial charge >= 0.3 is 0 Å². The molecule has 0 saturated heterocycles. The molecule has 0 heterocycles. The first-order valence-corrected chi connectivity index (χ1v) is 5.02. The SMILES string of the molecule is COc1cc(CN)cc2c(C)cccc12. The monoisotopic (exact) mass is 201 g/mol. The summed E-state index contributed by atoms with van der Waals surface area (Å²) in [7, 11) is 1.69. The van der Waals surface area contributed by atoms with E-state index in [1.54, 1.807) is 7.11 Å². The van der Waals surface area contributed by atoms with Gasteiger partial charge in [-0.05, 0) is 35.6 Å². The van der Waals surface area contributed by atoms with E-state index in [0.29, 0.717) is 6.54 Å². The topological polar surface area (TPSA) is 35.2 Å². The van der Waals surface area contributed by atoms with E-state index < -0.39 is 0 Å². The van der Waals surface area contributed by atoms with Gasteiger partial charge in [0.05, 0.1) is 7.11 Å². The lowest BCUT2D eigenvalue weighted by molar-refractivity contribution is 0.419. The number of aryl methyl sites for hydroxylation is 1. The van der Waals surface area contributed by atoms with Crippen molar-refractivity contribution >= 4 is 10.8 Å². The minimum absolute atomic E-state index is 0.542. The van der Waals surface area contributed by atoms with Gasteiger partial charge in [0, 0.05) is 11.9 Å². The Morgan fingerprint density at radius 1 is 1.20 bits per heavy atom. The van der Waals surface area contributed by atoms with Crippen molar-refractivity contribution < 1.29 is 4.74 Å². The fourth-order valence-electron chi connectivity index (χ4n) is 1.85. The first-order chi connectivity index (χ1) is 7.26. The fourth-order valence-corrected chi connectivity index (χ4v) is 1.85. The van der Waals surface area contributed by atoms with Gasteiger partial charge < -0.3 is 10.5 Å². The van der Waals surface area contributed by atoms with Gasteiger partial charge in [-0.1, -0.05) is 18.2 Å². The average Bonchev–Trinajstić information content (AvgIpc) is 2.28. The van der Waals surface area contributed by atoms with Crippen LogP contribution < -0.4 is 10.5 Å². The molecule has 0 aliphatic heterocycles. The van der Waals surface area contributed by atoms with Crippen LogP contribution in [0.4, 0.5) is 0 Å². The highest BCUT2D eigenvalue weighted by Crippen LogP contribution is 2.29. The Hall–Kier alpha value is -1.54. The van der Waals surface area contributed by atoms with E-state index in [9.17, 15) is 0 Å². The highest BCUT2D eigenvalue weighted by molar-refractivity contribution is 5.91. The molecule has 0 fully saturated rings. The third-order valence-corrected chi connectivity index (χ3v) is 2.69. The van der Waals surface area contributed by atoms with Crippen molar-refractivity contribution in [3.8, 4) is 5.75 Å². The number of hydrogen-bond donors (Lipinski definition) is 1. The van der Waals surface area contributed by atoms with Gasteiger partial charge in [-0.3, -0.25) is 0 Å². The van der Waals surface area contributed by atoms with Crippen LogP contribution in [0.25, 0.3) is 10.8 Å². The molecule has 78 valence electrons. The van der Waals surface area contributed by atoms with Crippen molar-refractivity contribution in [2.24, 2.45) is 5.73 Å². The Morgan fingerprint density at radius 3 is 2.67 bits per heavy atom. The van der Waals surface area contributed by atoms with E-state index in [-0.39, 0.29) is 0 Å². The summed E-state index contributed by atoms with van der Waals surface area (Å²) in [6, 6.07) is 10.3. The standard InChI is InChI=1S/C13H15NO/c1-9-4-3-5-11-12(9)6-10(8-14)7-13(11)15-2/h3-7H,8,14H2,1-2H3. The molecule has 2 nitrogen and oxygen atoms in total. The Bertz CT molecular complexity index is 491. The van der Waals surface area contributed by atoms with Crippen molar-refractivity contribution in [3.05, 3.63) is 41.5 Å². The fraction of sp³-hybridized carbons (Fsp3) is 0.231. The highest BCUT2D eigenvalue weighted by atomic mass is 16.5. The zero-order valence-electron chi connectivity index (χ0n) is 9.08. The van der Waals surface area contributed by atoms with Crippen LogP contribution in [0.1, 0.15) is 11.1 Å². The van der Waals surface area contributed by atoms with Crippen LogP contribution in [0.3, 0.4) is 0 Å². The van der Waals surface area contributed by atoms with E-state index in [1.165, 1.54) is 10.9 Å². The lowest BCUT2D eigenvalue weighted by atomic mass is 10.0. The Morgan fingerprint density at radius 2 is 2.00 bits per heavy atom. The normalized spacial score (nSPS) is 10.6. The maximum atomic E-state index is 5.66. The first-order valence-electron chi connectivity index (χ1n) is 5.02. The van der Waals surface area contributed by atoms with Crippen molar-refractivity contribution in [3.63, 3.8) is 0 Å². The zero-order chi connectivity index (χ0) is 10.8. The number of benzene rings is 2. The molecule has 0 aliphatic rings. The molecule has 0 saturated carbocycles. The summed E-state index contributed by atoms with van der Waals surface area (Å²) in [4.78, 5) is 0. The molecule has 0 amide bonds. The Labute approximate surface area is 89.7 Å². The quantitative estimate of drug-likeness (QED) is 0.810. The largest absolute Gasteiger partial charge is 0.496 e. The molecule has 2 aromatic rings. The second-order valence-corrected chi connectivity index (χ2v) is 3.67. The molecule has 0 spiro atoms. The summed E-state index contributed by atoms with van der Waals surface area (Å²) in [5, 5.41) is 2.37. The molecular weight excluding hydrogens is 186 g/mol. The molecule has 2 aromatic carbocycles. The molecule has 2 N–H and O–H groups in total. The minimum Gasteiger partial charge on any atom is -0.496 e. The van der Waals surface area contributed by atoms with Gasteiger partial charge in [0.15, 0.2) is 0 Å². The summed E-state index contributed by atoms with van der Waals surface area (Å²) >= 11 is 0. The van der Waals surface area contributed by atoms with Gasteiger partial charge in [-0.15, -0.1) is 0 Å². The van der Waals surface area contributed by atoms with Gasteiger partial charge in [0.25, 0.3) is 0 Å². The second-order valence-electron chi connectivity index (χ2n) is 3.67. The van der Waals surface area contributed by atoms with Crippen molar-refractivity contribution in [2.45, 2.75) is 13.5 Å². The summed E-state index contributed by atoms with van der Waals surface area (Å²) in [6.07, 6.45) is 0. The van der Waals surface area contributed by atoms with Crippen LogP contribution in [0, 0.1) is 6.92 Å². The molecule has 0 aromatic heterocycles. The Balaban J connectivity index is 2.80. The number of fused-ring (bicyclic) bond motifs is 1. The molecular formula is C13H15NO. The molecule has 0 unspecified atom stereocenters. The molecule has 0 bridgehead atoms. The predicted octanol–water partition coefficient (Wildman–Crippen LogP) is 2.62. The van der Waals surface area contributed by atoms with Crippen molar-refractivity contribution in [1.82, 2.24) is 0 Å². The third-order valence-electron chi connectivity index (χ3n) is 2.69. The molecule has 0 aliphatic carbocycles. The van der Waals surface area contributed by atoms with Gasteiger partial charge in [0.2, 0.25) is 0 Å². The smallest absolute Gasteiger partial charge is 0.127 e. The lowest BCUT2D eigenvalue weighted by Crippen LogP contribution is -1.97. The zero-order valence-corrected chi connectivity index (χ0v) is 9.08. The molecule has 15 heavy (non-hydrogen) atoms. The number of nitrogens with two attached hydrogens (primary N) is 1. The maximum Gasteiger partial charge on any atom is 0.127 e. The maximum absolute atomic E-state index is 5.66. The first kappa shape index (κ1) is 9.99. The van der Waals surface area contributed by atoms with E-state index in [1.807, 2.05) is 12.1 Å². The molecule has 0 atom stereocenters. The van der Waals surface area contributed by atoms with Crippen molar-refractivity contribution in [1.29, 1.82) is 0 Å². The third kappa shape index (κ3) is 1.68. The molecule has 0 radical (unpaired) electrons. The van der Waals surface area contributed by atoms with Crippen LogP contribution in [-0.4, -0.2) is 7.11 Å². The summed E-state index contributed by atoms with van der Waals surface area (Å²) in [5.74, 6) is 0.900. The molecule has 2 rings (SSSR count). The molecule has 2 heteroatoms. The second kappa shape index (κ2) is 3.91. The lowest BCUT2D eigenvalue weighted by Gasteiger charge is -2.09. The minimum atomic E-state index is 0.542. The van der Waals surface area contributed by atoms with E-state index >= 15 is 0 Å². The van der Waals surface area contributed by atoms with E-state index in [2.05, 4.69) is 25.1 Å². The van der Waals surface area contributed by atoms with Crippen LogP contribution in [0.2, 0.25) is 0 Å². The number of ether oxygens (including phenoxy) is 1.